The molecule has 0 radical (unpaired) electrons. The van der Waals surface area contributed by atoms with Gasteiger partial charge in [0.1, 0.15) is 5.56 Å². The van der Waals surface area contributed by atoms with Crippen LogP contribution in [0.4, 0.5) is 0 Å². The summed E-state index contributed by atoms with van der Waals surface area (Å²) in [7, 11) is 0. The van der Waals surface area contributed by atoms with Gasteiger partial charge < -0.3 is 14.8 Å². The van der Waals surface area contributed by atoms with Crippen molar-refractivity contribution in [2.24, 2.45) is 0 Å². The van der Waals surface area contributed by atoms with Gasteiger partial charge in [0, 0.05) is 18.1 Å². The van der Waals surface area contributed by atoms with Crippen LogP contribution in [0.2, 0.25) is 0 Å². The Balaban J connectivity index is 3.03. The van der Waals surface area contributed by atoms with Crippen LogP contribution in [0.1, 0.15) is 27.6 Å². The van der Waals surface area contributed by atoms with Gasteiger partial charge in [0.25, 0.3) is 0 Å². The minimum Gasteiger partial charge on any atom is -0.478 e. The Morgan fingerprint density at radius 1 is 1.16 bits per heavy atom. The molecule has 6 nitrogen and oxygen atoms in total. The number of aromatic nitrogens is 1. The highest BCUT2D eigenvalue weighted by atomic mass is 16.4. The predicted octanol–water partition coefficient (Wildman–Crippen LogP) is 1.42. The Morgan fingerprint density at radius 2 is 1.79 bits per heavy atom. The number of carbonyl (C=O) groups is 2. The molecule has 0 atom stereocenters. The lowest BCUT2D eigenvalue weighted by atomic mass is 10.1. The van der Waals surface area contributed by atoms with Gasteiger partial charge in [0.2, 0.25) is 5.43 Å². The van der Waals surface area contributed by atoms with Gasteiger partial charge in [-0.05, 0) is 19.1 Å². The minimum atomic E-state index is -1.32. The summed E-state index contributed by atoms with van der Waals surface area (Å²) in [5.74, 6) is -2.48. The maximum atomic E-state index is 12.0. The van der Waals surface area contributed by atoms with E-state index in [4.69, 9.17) is 10.2 Å². The Bertz CT molecular complexity index is 745. The molecule has 6 heteroatoms. The van der Waals surface area contributed by atoms with Gasteiger partial charge in [-0.25, -0.2) is 9.59 Å². The van der Waals surface area contributed by atoms with Gasteiger partial charge in [-0.2, -0.15) is 0 Å². The van der Waals surface area contributed by atoms with E-state index in [1.54, 1.807) is 6.92 Å². The number of carboxylic acid groups (broad SMARTS) is 2. The summed E-state index contributed by atoms with van der Waals surface area (Å²) in [5.41, 5.74) is -0.812. The molecule has 0 aliphatic carbocycles. The molecule has 2 rings (SSSR count). The molecule has 0 unspecified atom stereocenters. The second-order valence-corrected chi connectivity index (χ2v) is 3.97. The number of fused-ring (bicyclic) bond motifs is 1. The Labute approximate surface area is 107 Å². The van der Waals surface area contributed by atoms with Gasteiger partial charge in [0.05, 0.1) is 11.1 Å². The van der Waals surface area contributed by atoms with Crippen LogP contribution >= 0.6 is 0 Å². The SMILES string of the molecule is CCn1cc(C(=O)O)c(=O)c2cccc(C(=O)O)c21. The fourth-order valence-electron chi connectivity index (χ4n) is 2.03. The smallest absolute Gasteiger partial charge is 0.341 e. The first kappa shape index (κ1) is 12.8. The van der Waals surface area contributed by atoms with Crippen molar-refractivity contribution in [1.29, 1.82) is 0 Å². The van der Waals surface area contributed by atoms with Gasteiger partial charge in [-0.1, -0.05) is 6.07 Å². The van der Waals surface area contributed by atoms with Gasteiger partial charge >= 0.3 is 11.9 Å². The van der Waals surface area contributed by atoms with Crippen LogP contribution in [0.15, 0.2) is 29.2 Å². The van der Waals surface area contributed by atoms with Crippen LogP contribution in [0.5, 0.6) is 0 Å². The summed E-state index contributed by atoms with van der Waals surface area (Å²) < 4.78 is 1.46. The Hall–Kier alpha value is -2.63. The van der Waals surface area contributed by atoms with E-state index >= 15 is 0 Å². The number of hydrogen-bond donors (Lipinski definition) is 2. The highest BCUT2D eigenvalue weighted by Crippen LogP contribution is 2.17. The van der Waals surface area contributed by atoms with Crippen LogP contribution < -0.4 is 5.43 Å². The van der Waals surface area contributed by atoms with Crippen molar-refractivity contribution >= 4 is 22.8 Å². The molecule has 0 amide bonds. The molecule has 1 heterocycles. The number of hydrogen-bond acceptors (Lipinski definition) is 3. The lowest BCUT2D eigenvalue weighted by Crippen LogP contribution is -2.20. The molecule has 0 saturated carbocycles. The van der Waals surface area contributed by atoms with Crippen LogP contribution in [0.3, 0.4) is 0 Å². The van der Waals surface area contributed by atoms with E-state index in [2.05, 4.69) is 0 Å². The summed E-state index contributed by atoms with van der Waals surface area (Å²) in [6.07, 6.45) is 1.18. The topological polar surface area (TPSA) is 96.6 Å². The molecule has 98 valence electrons. The number of nitrogens with zero attached hydrogens (tertiary/aromatic N) is 1. The van der Waals surface area contributed by atoms with Gasteiger partial charge in [0.15, 0.2) is 0 Å². The largest absolute Gasteiger partial charge is 0.478 e. The quantitative estimate of drug-likeness (QED) is 0.870. The summed E-state index contributed by atoms with van der Waals surface area (Å²) in [5, 5.41) is 18.2. The molecule has 19 heavy (non-hydrogen) atoms. The standard InChI is InChI=1S/C13H11NO5/c1-2-14-6-9(13(18)19)11(15)7-4-3-5-8(10(7)14)12(16)17/h3-6H,2H2,1H3,(H,16,17)(H,18,19). The zero-order valence-corrected chi connectivity index (χ0v) is 10.1. The number of rotatable bonds is 3. The molecule has 2 aromatic rings. The minimum absolute atomic E-state index is 0.0200. The van der Waals surface area contributed by atoms with E-state index in [0.29, 0.717) is 6.54 Å². The molecule has 0 saturated heterocycles. The van der Waals surface area contributed by atoms with E-state index in [1.165, 1.54) is 29.0 Å². The predicted molar refractivity (Wildman–Crippen MR) is 67.8 cm³/mol. The maximum Gasteiger partial charge on any atom is 0.341 e. The summed E-state index contributed by atoms with van der Waals surface area (Å²) in [4.78, 5) is 34.2. The van der Waals surface area contributed by atoms with Crippen LogP contribution in [0.25, 0.3) is 10.9 Å². The van der Waals surface area contributed by atoms with Crippen molar-refractivity contribution in [2.75, 3.05) is 0 Å². The summed E-state index contributed by atoms with van der Waals surface area (Å²) in [6.45, 7) is 2.11. The average molecular weight is 261 g/mol. The Morgan fingerprint density at radius 3 is 2.32 bits per heavy atom. The van der Waals surface area contributed by atoms with E-state index in [9.17, 15) is 14.4 Å². The van der Waals surface area contributed by atoms with Gasteiger partial charge in [-0.15, -0.1) is 0 Å². The third-order valence-electron chi connectivity index (χ3n) is 2.90. The lowest BCUT2D eigenvalue weighted by Gasteiger charge is -2.12. The van der Waals surface area contributed by atoms with Crippen molar-refractivity contribution < 1.29 is 19.8 Å². The number of pyridine rings is 1. The first-order valence-electron chi connectivity index (χ1n) is 5.60. The molecule has 0 aliphatic rings. The highest BCUT2D eigenvalue weighted by Gasteiger charge is 2.18. The maximum absolute atomic E-state index is 12.0. The van der Waals surface area contributed by atoms with Crippen molar-refractivity contribution in [1.82, 2.24) is 4.57 Å². The zero-order valence-electron chi connectivity index (χ0n) is 10.1. The molecule has 1 aromatic carbocycles. The number of carboxylic acids is 2. The molecular formula is C13H11NO5. The molecule has 0 bridgehead atoms. The van der Waals surface area contributed by atoms with E-state index in [1.807, 2.05) is 0 Å². The van der Waals surface area contributed by atoms with Crippen molar-refractivity contribution in [3.63, 3.8) is 0 Å². The summed E-state index contributed by atoms with van der Waals surface area (Å²) in [6, 6.07) is 4.25. The molecule has 0 spiro atoms. The van der Waals surface area contributed by atoms with E-state index < -0.39 is 17.4 Å². The fourth-order valence-corrected chi connectivity index (χ4v) is 2.03. The van der Waals surface area contributed by atoms with Gasteiger partial charge in [-0.3, -0.25) is 4.79 Å². The number of aromatic carboxylic acids is 2. The van der Waals surface area contributed by atoms with Crippen LogP contribution in [-0.4, -0.2) is 26.7 Å². The molecular weight excluding hydrogens is 250 g/mol. The van der Waals surface area contributed by atoms with Crippen LogP contribution in [-0.2, 0) is 6.54 Å². The normalized spacial score (nSPS) is 10.6. The second-order valence-electron chi connectivity index (χ2n) is 3.97. The molecule has 0 fully saturated rings. The molecule has 0 aliphatic heterocycles. The Kier molecular flexibility index (Phi) is 3.08. The number of para-hydroxylation sites is 1. The first-order valence-corrected chi connectivity index (χ1v) is 5.60. The van der Waals surface area contributed by atoms with Crippen molar-refractivity contribution in [2.45, 2.75) is 13.5 Å². The fraction of sp³-hybridized carbons (Fsp3) is 0.154. The second kappa shape index (κ2) is 4.56. The zero-order chi connectivity index (χ0) is 14.2. The van der Waals surface area contributed by atoms with Crippen molar-refractivity contribution in [3.8, 4) is 0 Å². The lowest BCUT2D eigenvalue weighted by molar-refractivity contribution is 0.0687. The van der Waals surface area contributed by atoms with Crippen molar-refractivity contribution in [3.05, 3.63) is 45.7 Å². The highest BCUT2D eigenvalue weighted by molar-refractivity contribution is 6.03. The number of benzene rings is 1. The third-order valence-corrected chi connectivity index (χ3v) is 2.90. The third kappa shape index (κ3) is 1.97. The number of aryl methyl sites for hydroxylation is 1. The molecule has 1 aromatic heterocycles. The monoisotopic (exact) mass is 261 g/mol. The molecule has 2 N–H and O–H groups in total. The van der Waals surface area contributed by atoms with Crippen LogP contribution in [0, 0.1) is 0 Å². The average Bonchev–Trinajstić information content (AvgIpc) is 2.38. The van der Waals surface area contributed by atoms with E-state index in [-0.39, 0.29) is 22.0 Å². The van der Waals surface area contributed by atoms with E-state index in [0.717, 1.165) is 0 Å². The summed E-state index contributed by atoms with van der Waals surface area (Å²) >= 11 is 0. The first-order chi connectivity index (χ1) is 8.97.